The highest BCUT2D eigenvalue weighted by Crippen LogP contribution is 2.36. The highest BCUT2D eigenvalue weighted by Gasteiger charge is 2.17. The number of aliphatic hydroxyl groups excluding tert-OH is 1. The van der Waals surface area contributed by atoms with Crippen LogP contribution in [0.2, 0.25) is 0 Å². The highest BCUT2D eigenvalue weighted by atomic mass is 32.2. The maximum Gasteiger partial charge on any atom is 0.333 e. The van der Waals surface area contributed by atoms with Crippen LogP contribution in [0.25, 0.3) is 21.5 Å². The SMILES string of the molecule is C=C(C)C(=O)OC(CO)COc1c2ccccc2cc2ccc(SC)cc12. The zero-order chi connectivity index (χ0) is 19.4. The van der Waals surface area contributed by atoms with Crippen molar-refractivity contribution in [3.05, 3.63) is 60.7 Å². The van der Waals surface area contributed by atoms with Crippen molar-refractivity contribution < 1.29 is 19.4 Å². The van der Waals surface area contributed by atoms with Crippen molar-refractivity contribution in [3.8, 4) is 5.75 Å². The van der Waals surface area contributed by atoms with Gasteiger partial charge in [0, 0.05) is 21.2 Å². The topological polar surface area (TPSA) is 55.8 Å². The van der Waals surface area contributed by atoms with Gasteiger partial charge >= 0.3 is 5.97 Å². The predicted molar refractivity (Wildman–Crippen MR) is 111 cm³/mol. The third kappa shape index (κ3) is 4.26. The molecule has 1 N–H and O–H groups in total. The van der Waals surface area contributed by atoms with E-state index in [0.717, 1.165) is 32.2 Å². The van der Waals surface area contributed by atoms with Crippen molar-refractivity contribution in [1.82, 2.24) is 0 Å². The number of hydrogen-bond donors (Lipinski definition) is 1. The van der Waals surface area contributed by atoms with Crippen LogP contribution in [0, 0.1) is 0 Å². The third-order valence-electron chi connectivity index (χ3n) is 4.26. The number of thioether (sulfide) groups is 1. The van der Waals surface area contributed by atoms with Gasteiger partial charge in [-0.25, -0.2) is 4.79 Å². The Kier molecular flexibility index (Phi) is 6.04. The molecule has 0 radical (unpaired) electrons. The van der Waals surface area contributed by atoms with Gasteiger partial charge in [0.15, 0.2) is 6.10 Å². The standard InChI is InChI=1S/C22H22O4S/c1-14(2)22(24)26-17(12-23)13-25-21-19-7-5-4-6-15(19)10-16-8-9-18(27-3)11-20(16)21/h4-11,17,23H,1,12-13H2,2-3H3. The summed E-state index contributed by atoms with van der Waals surface area (Å²) in [6.45, 7) is 4.87. The summed E-state index contributed by atoms with van der Waals surface area (Å²) in [5, 5.41) is 13.7. The van der Waals surface area contributed by atoms with Crippen LogP contribution in [0.3, 0.4) is 0 Å². The Labute approximate surface area is 162 Å². The molecule has 1 atom stereocenters. The molecule has 140 valence electrons. The van der Waals surface area contributed by atoms with Gasteiger partial charge < -0.3 is 14.6 Å². The highest BCUT2D eigenvalue weighted by molar-refractivity contribution is 7.98. The first-order chi connectivity index (χ1) is 13.0. The van der Waals surface area contributed by atoms with Crippen LogP contribution in [-0.4, -0.2) is 36.6 Å². The summed E-state index contributed by atoms with van der Waals surface area (Å²) < 4.78 is 11.3. The number of carbonyl (C=O) groups is 1. The van der Waals surface area contributed by atoms with E-state index in [-0.39, 0.29) is 18.8 Å². The molecule has 3 rings (SSSR count). The molecule has 0 saturated heterocycles. The summed E-state index contributed by atoms with van der Waals surface area (Å²) in [7, 11) is 0. The fraction of sp³-hybridized carbons (Fsp3) is 0.227. The van der Waals surface area contributed by atoms with Crippen molar-refractivity contribution in [2.45, 2.75) is 17.9 Å². The molecule has 0 fully saturated rings. The summed E-state index contributed by atoms with van der Waals surface area (Å²) in [4.78, 5) is 12.9. The molecule has 0 aliphatic carbocycles. The average molecular weight is 382 g/mol. The van der Waals surface area contributed by atoms with Crippen molar-refractivity contribution in [3.63, 3.8) is 0 Å². The van der Waals surface area contributed by atoms with E-state index in [4.69, 9.17) is 9.47 Å². The number of fused-ring (bicyclic) bond motifs is 2. The maximum absolute atomic E-state index is 11.7. The van der Waals surface area contributed by atoms with Gasteiger partial charge in [0.25, 0.3) is 0 Å². The first-order valence-electron chi connectivity index (χ1n) is 8.63. The first-order valence-corrected chi connectivity index (χ1v) is 9.85. The van der Waals surface area contributed by atoms with Gasteiger partial charge in [-0.05, 0) is 42.2 Å². The minimum Gasteiger partial charge on any atom is -0.488 e. The monoisotopic (exact) mass is 382 g/mol. The van der Waals surface area contributed by atoms with E-state index in [0.29, 0.717) is 0 Å². The quantitative estimate of drug-likeness (QED) is 0.281. The van der Waals surface area contributed by atoms with E-state index < -0.39 is 12.1 Å². The van der Waals surface area contributed by atoms with Crippen molar-refractivity contribution in [2.24, 2.45) is 0 Å². The number of benzene rings is 3. The minimum atomic E-state index is -0.757. The van der Waals surface area contributed by atoms with Gasteiger partial charge in [-0.15, -0.1) is 11.8 Å². The number of hydrogen-bond acceptors (Lipinski definition) is 5. The molecule has 0 amide bonds. The minimum absolute atomic E-state index is 0.0577. The van der Waals surface area contributed by atoms with Crippen LogP contribution in [0.5, 0.6) is 5.75 Å². The van der Waals surface area contributed by atoms with Crippen LogP contribution < -0.4 is 4.74 Å². The summed E-state index contributed by atoms with van der Waals surface area (Å²) in [6.07, 6.45) is 1.27. The molecule has 0 aliphatic heterocycles. The summed E-state index contributed by atoms with van der Waals surface area (Å²) in [6, 6.07) is 16.4. The molecule has 0 heterocycles. The lowest BCUT2D eigenvalue weighted by molar-refractivity contribution is -0.147. The first kappa shape index (κ1) is 19.3. The molecule has 3 aromatic carbocycles. The summed E-state index contributed by atoms with van der Waals surface area (Å²) >= 11 is 1.66. The van der Waals surface area contributed by atoms with Crippen molar-refractivity contribution in [1.29, 1.82) is 0 Å². The lowest BCUT2D eigenvalue weighted by Crippen LogP contribution is -2.28. The van der Waals surface area contributed by atoms with Crippen LogP contribution in [0.1, 0.15) is 6.92 Å². The smallest absolute Gasteiger partial charge is 0.333 e. The van der Waals surface area contributed by atoms with Crippen LogP contribution in [-0.2, 0) is 9.53 Å². The Hall–Kier alpha value is -2.50. The second-order valence-corrected chi connectivity index (χ2v) is 7.19. The second kappa shape index (κ2) is 8.46. The number of ether oxygens (including phenoxy) is 2. The summed E-state index contributed by atoms with van der Waals surface area (Å²) in [5.41, 5.74) is 0.286. The van der Waals surface area contributed by atoms with Crippen LogP contribution in [0.15, 0.2) is 65.6 Å². The van der Waals surface area contributed by atoms with E-state index in [1.54, 1.807) is 18.7 Å². The normalized spacial score (nSPS) is 12.1. The fourth-order valence-corrected chi connectivity index (χ4v) is 3.27. The van der Waals surface area contributed by atoms with Gasteiger partial charge in [-0.2, -0.15) is 0 Å². The lowest BCUT2D eigenvalue weighted by atomic mass is 10.0. The largest absolute Gasteiger partial charge is 0.488 e. The number of esters is 1. The molecule has 0 saturated carbocycles. The van der Waals surface area contributed by atoms with E-state index >= 15 is 0 Å². The molecule has 27 heavy (non-hydrogen) atoms. The van der Waals surface area contributed by atoms with E-state index in [9.17, 15) is 9.90 Å². The van der Waals surface area contributed by atoms with Gasteiger partial charge in [0.05, 0.1) is 6.61 Å². The molecule has 5 heteroatoms. The number of rotatable bonds is 7. The van der Waals surface area contributed by atoms with E-state index in [1.165, 1.54) is 0 Å². The Bertz CT molecular complexity index is 996. The Morgan fingerprint density at radius 1 is 1.15 bits per heavy atom. The molecule has 1 unspecified atom stereocenters. The summed E-state index contributed by atoms with van der Waals surface area (Å²) in [5.74, 6) is 0.189. The number of aliphatic hydroxyl groups is 1. The Morgan fingerprint density at radius 3 is 2.59 bits per heavy atom. The zero-order valence-electron chi connectivity index (χ0n) is 15.4. The number of carbonyl (C=O) groups excluding carboxylic acids is 1. The fourth-order valence-electron chi connectivity index (χ4n) is 2.83. The second-order valence-electron chi connectivity index (χ2n) is 6.32. The molecular formula is C22H22O4S. The zero-order valence-corrected chi connectivity index (χ0v) is 16.2. The van der Waals surface area contributed by atoms with Gasteiger partial charge in [-0.3, -0.25) is 0 Å². The molecule has 0 aliphatic rings. The van der Waals surface area contributed by atoms with Gasteiger partial charge in [0.2, 0.25) is 0 Å². The van der Waals surface area contributed by atoms with Gasteiger partial charge in [0.1, 0.15) is 12.4 Å². The third-order valence-corrected chi connectivity index (χ3v) is 4.99. The van der Waals surface area contributed by atoms with Crippen LogP contribution in [0.4, 0.5) is 0 Å². The van der Waals surface area contributed by atoms with Gasteiger partial charge in [-0.1, -0.05) is 36.9 Å². The Balaban J connectivity index is 1.99. The van der Waals surface area contributed by atoms with Crippen molar-refractivity contribution >= 4 is 39.3 Å². The average Bonchev–Trinajstić information content (AvgIpc) is 2.69. The molecular weight excluding hydrogens is 360 g/mol. The molecule has 0 aromatic heterocycles. The van der Waals surface area contributed by atoms with Crippen molar-refractivity contribution in [2.75, 3.05) is 19.5 Å². The Morgan fingerprint density at radius 2 is 1.89 bits per heavy atom. The van der Waals surface area contributed by atoms with E-state index in [2.05, 4.69) is 30.8 Å². The lowest BCUT2D eigenvalue weighted by Gasteiger charge is -2.19. The molecule has 0 bridgehead atoms. The van der Waals surface area contributed by atoms with Crippen LogP contribution >= 0.6 is 11.8 Å². The molecule has 3 aromatic rings. The maximum atomic E-state index is 11.7. The predicted octanol–water partition coefficient (Wildman–Crippen LogP) is 4.57. The molecule has 0 spiro atoms. The van der Waals surface area contributed by atoms with E-state index in [1.807, 2.05) is 30.5 Å². The molecule has 4 nitrogen and oxygen atoms in total.